The molecular formula is C28H27ClF5N7O5. The Balaban J connectivity index is 0.000000738. The minimum atomic E-state index is -5.08. The number of carbonyl (C=O) groups is 3. The highest BCUT2D eigenvalue weighted by Gasteiger charge is 2.38. The van der Waals surface area contributed by atoms with E-state index in [0.29, 0.717) is 30.9 Å². The van der Waals surface area contributed by atoms with Crippen LogP contribution in [0.15, 0.2) is 36.5 Å². The van der Waals surface area contributed by atoms with Crippen LogP contribution in [-0.4, -0.2) is 94.3 Å². The second-order valence-electron chi connectivity index (χ2n) is 9.59. The zero-order valence-electron chi connectivity index (χ0n) is 24.1. The predicted molar refractivity (Wildman–Crippen MR) is 154 cm³/mol. The number of benzene rings is 2. The zero-order chi connectivity index (χ0) is 34.2. The number of rotatable bonds is 8. The third-order valence-corrected chi connectivity index (χ3v) is 6.92. The average molecular weight is 672 g/mol. The van der Waals surface area contributed by atoms with Crippen LogP contribution in [0.25, 0.3) is 11.3 Å². The Morgan fingerprint density at radius 1 is 1.13 bits per heavy atom. The maximum absolute atomic E-state index is 14.7. The molecule has 0 spiro atoms. The molecule has 1 aliphatic rings. The lowest BCUT2D eigenvalue weighted by Gasteiger charge is -2.34. The molecule has 1 fully saturated rings. The van der Waals surface area contributed by atoms with Crippen LogP contribution < -0.4 is 15.8 Å². The molecular weight excluding hydrogens is 645 g/mol. The molecule has 1 aromatic heterocycles. The van der Waals surface area contributed by atoms with Crippen molar-refractivity contribution < 1.29 is 46.2 Å². The maximum Gasteiger partial charge on any atom is 0.490 e. The van der Waals surface area contributed by atoms with Gasteiger partial charge in [0.15, 0.2) is 24.0 Å². The van der Waals surface area contributed by atoms with E-state index < -0.39 is 42.0 Å². The first kappa shape index (κ1) is 35.7. The summed E-state index contributed by atoms with van der Waals surface area (Å²) in [6.45, 7) is 3.51. The number of nitrogens with two attached hydrogens (primary N) is 1. The Bertz CT molecular complexity index is 1640. The van der Waals surface area contributed by atoms with Crippen LogP contribution in [0, 0.1) is 23.0 Å². The van der Waals surface area contributed by atoms with Crippen molar-refractivity contribution in [1.82, 2.24) is 19.4 Å². The summed E-state index contributed by atoms with van der Waals surface area (Å²) in [7, 11) is 1.48. The van der Waals surface area contributed by atoms with Gasteiger partial charge >= 0.3 is 12.1 Å². The number of halogens is 6. The van der Waals surface area contributed by atoms with Crippen molar-refractivity contribution in [2.75, 3.05) is 51.2 Å². The third kappa shape index (κ3) is 8.68. The topological polar surface area (TPSA) is 167 Å². The number of imidazole rings is 1. The van der Waals surface area contributed by atoms with Crippen molar-refractivity contribution in [3.8, 4) is 23.1 Å². The van der Waals surface area contributed by atoms with Gasteiger partial charge in [-0.2, -0.15) is 22.8 Å². The summed E-state index contributed by atoms with van der Waals surface area (Å²) in [5.74, 6) is -6.49. The lowest BCUT2D eigenvalue weighted by atomic mass is 10.1. The number of amides is 2. The van der Waals surface area contributed by atoms with E-state index in [2.05, 4.69) is 15.2 Å². The van der Waals surface area contributed by atoms with Gasteiger partial charge < -0.3 is 30.4 Å². The number of nitrogens with zero attached hydrogens (tertiary/aromatic N) is 5. The van der Waals surface area contributed by atoms with Gasteiger partial charge in [0.2, 0.25) is 5.82 Å². The lowest BCUT2D eigenvalue weighted by Crippen LogP contribution is -2.49. The molecule has 0 aliphatic carbocycles. The molecule has 1 saturated heterocycles. The first-order chi connectivity index (χ1) is 21.7. The first-order valence-corrected chi connectivity index (χ1v) is 13.7. The SMILES string of the molecule is Cn1c(-c2ccc(OCC#N)c(F)c2F)cnc1C(=O)Nc1ccc(C(=O)N2CCN(CCN)CC2)c(Cl)c1.O=C(O)C(F)(F)F. The number of carboxylic acids is 1. The van der Waals surface area contributed by atoms with Crippen molar-refractivity contribution in [2.24, 2.45) is 12.8 Å². The summed E-state index contributed by atoms with van der Waals surface area (Å²) in [6, 6.07) is 8.73. The summed E-state index contributed by atoms with van der Waals surface area (Å²) in [5, 5.41) is 18.5. The molecule has 3 aromatic rings. The van der Waals surface area contributed by atoms with Gasteiger partial charge in [0.1, 0.15) is 6.07 Å². The van der Waals surface area contributed by atoms with Crippen LogP contribution in [0.3, 0.4) is 0 Å². The van der Waals surface area contributed by atoms with Gasteiger partial charge in [0.05, 0.1) is 22.5 Å². The van der Waals surface area contributed by atoms with E-state index in [-0.39, 0.29) is 28.0 Å². The van der Waals surface area contributed by atoms with Gasteiger partial charge in [-0.25, -0.2) is 14.2 Å². The van der Waals surface area contributed by atoms with E-state index in [1.807, 2.05) is 0 Å². The quantitative estimate of drug-likeness (QED) is 0.304. The number of alkyl halides is 3. The van der Waals surface area contributed by atoms with Crippen LogP contribution in [-0.2, 0) is 11.8 Å². The summed E-state index contributed by atoms with van der Waals surface area (Å²) >= 11 is 6.39. The van der Waals surface area contributed by atoms with Crippen molar-refractivity contribution in [3.05, 3.63) is 64.6 Å². The largest absolute Gasteiger partial charge is 0.490 e. The number of nitrogens with one attached hydrogen (secondary N) is 1. The van der Waals surface area contributed by atoms with Crippen molar-refractivity contribution in [2.45, 2.75) is 6.18 Å². The molecule has 2 amide bonds. The van der Waals surface area contributed by atoms with Crippen molar-refractivity contribution in [1.29, 1.82) is 5.26 Å². The van der Waals surface area contributed by atoms with Gasteiger partial charge in [-0.05, 0) is 30.3 Å². The van der Waals surface area contributed by atoms with Crippen molar-refractivity contribution in [3.63, 3.8) is 0 Å². The van der Waals surface area contributed by atoms with E-state index in [1.165, 1.54) is 36.0 Å². The number of aliphatic carboxylic acids is 1. The fraction of sp³-hybridized carbons (Fsp3) is 0.321. The minimum Gasteiger partial charge on any atom is -0.476 e. The van der Waals surface area contributed by atoms with E-state index in [4.69, 9.17) is 37.2 Å². The van der Waals surface area contributed by atoms with Gasteiger partial charge in [-0.1, -0.05) is 11.6 Å². The standard InChI is InChI=1S/C26H26ClF2N7O3.C2HF3O2/c1-34-20(18-4-5-21(39-13-7-31)23(29)22(18)28)15-32-24(34)25(37)33-16-2-3-17(19(27)14-16)26(38)36-11-9-35(8-6-30)10-12-36;3-2(4,5)1(6)7/h2-5,14-15H,6,8-13,30H2,1H3,(H,33,37);(H,6,7). The summed E-state index contributed by atoms with van der Waals surface area (Å²) in [5.41, 5.74) is 6.26. The number of aromatic nitrogens is 2. The van der Waals surface area contributed by atoms with Gasteiger partial charge in [0.25, 0.3) is 11.8 Å². The van der Waals surface area contributed by atoms with Crippen LogP contribution in [0.5, 0.6) is 5.75 Å². The molecule has 2 heterocycles. The average Bonchev–Trinajstić information content (AvgIpc) is 3.39. The Morgan fingerprint density at radius 2 is 1.78 bits per heavy atom. The van der Waals surface area contributed by atoms with Gasteiger partial charge in [-0.3, -0.25) is 14.5 Å². The molecule has 0 atom stereocenters. The lowest BCUT2D eigenvalue weighted by molar-refractivity contribution is -0.192. The van der Waals surface area contributed by atoms with Crippen LogP contribution in [0.4, 0.5) is 27.6 Å². The Kier molecular flexibility index (Phi) is 12.0. The number of carboxylic acid groups (broad SMARTS) is 1. The second-order valence-corrected chi connectivity index (χ2v) is 9.99. The highest BCUT2D eigenvalue weighted by atomic mass is 35.5. The Labute approximate surface area is 263 Å². The zero-order valence-corrected chi connectivity index (χ0v) is 24.8. The number of carbonyl (C=O) groups excluding carboxylic acids is 2. The number of ether oxygens (including phenoxy) is 1. The van der Waals surface area contributed by atoms with E-state index in [9.17, 15) is 31.5 Å². The Hall–Kier alpha value is -4.79. The van der Waals surface area contributed by atoms with Crippen LogP contribution in [0.1, 0.15) is 21.0 Å². The summed E-state index contributed by atoms with van der Waals surface area (Å²) in [6.07, 6.45) is -3.84. The van der Waals surface area contributed by atoms with Crippen LogP contribution >= 0.6 is 11.6 Å². The van der Waals surface area contributed by atoms with E-state index in [0.717, 1.165) is 19.6 Å². The molecule has 1 aliphatic heterocycles. The molecule has 246 valence electrons. The molecule has 0 radical (unpaired) electrons. The molecule has 0 unspecified atom stereocenters. The van der Waals surface area contributed by atoms with Gasteiger partial charge in [0, 0.05) is 57.6 Å². The second kappa shape index (κ2) is 15.5. The molecule has 4 N–H and O–H groups in total. The number of hydrogen-bond acceptors (Lipinski definition) is 8. The molecule has 46 heavy (non-hydrogen) atoms. The molecule has 0 bridgehead atoms. The van der Waals surface area contributed by atoms with Crippen LogP contribution in [0.2, 0.25) is 5.02 Å². The smallest absolute Gasteiger partial charge is 0.476 e. The predicted octanol–water partition coefficient (Wildman–Crippen LogP) is 3.52. The number of hydrogen-bond donors (Lipinski definition) is 3. The molecule has 18 heteroatoms. The monoisotopic (exact) mass is 671 g/mol. The number of piperazine rings is 1. The summed E-state index contributed by atoms with van der Waals surface area (Å²) in [4.78, 5) is 42.8. The normalized spacial score (nSPS) is 13.3. The van der Waals surface area contributed by atoms with E-state index in [1.54, 1.807) is 23.1 Å². The Morgan fingerprint density at radius 3 is 2.35 bits per heavy atom. The number of anilines is 1. The molecule has 0 saturated carbocycles. The first-order valence-electron chi connectivity index (χ1n) is 13.3. The molecule has 4 rings (SSSR count). The highest BCUT2D eigenvalue weighted by Crippen LogP contribution is 2.30. The van der Waals surface area contributed by atoms with E-state index >= 15 is 0 Å². The fourth-order valence-electron chi connectivity index (χ4n) is 4.30. The van der Waals surface area contributed by atoms with Gasteiger partial charge in [-0.15, -0.1) is 0 Å². The third-order valence-electron chi connectivity index (χ3n) is 6.61. The number of nitriles is 1. The van der Waals surface area contributed by atoms with Crippen molar-refractivity contribution >= 4 is 35.1 Å². The minimum absolute atomic E-state index is 0.0683. The summed E-state index contributed by atoms with van der Waals surface area (Å²) < 4.78 is 67.0. The maximum atomic E-state index is 14.7. The molecule has 12 nitrogen and oxygen atoms in total. The molecule has 2 aromatic carbocycles. The highest BCUT2D eigenvalue weighted by molar-refractivity contribution is 6.34. The fourth-order valence-corrected chi connectivity index (χ4v) is 4.56.